The predicted octanol–water partition coefficient (Wildman–Crippen LogP) is 2.66. The van der Waals surface area contributed by atoms with Gasteiger partial charge in [-0.05, 0) is 25.0 Å². The largest absolute Gasteiger partial charge is 0.364 e. The van der Waals surface area contributed by atoms with Gasteiger partial charge in [-0.3, -0.25) is 14.7 Å². The summed E-state index contributed by atoms with van der Waals surface area (Å²) in [6.45, 7) is 5.25. The van der Waals surface area contributed by atoms with Gasteiger partial charge in [-0.1, -0.05) is 11.3 Å². The van der Waals surface area contributed by atoms with E-state index in [-0.39, 0.29) is 17.6 Å². The number of anilines is 1. The van der Waals surface area contributed by atoms with Gasteiger partial charge in [-0.15, -0.1) is 0 Å². The Bertz CT molecular complexity index is 827. The molecule has 0 aliphatic carbocycles. The fourth-order valence-electron chi connectivity index (χ4n) is 3.74. The van der Waals surface area contributed by atoms with Crippen molar-refractivity contribution in [1.82, 2.24) is 14.9 Å². The Morgan fingerprint density at radius 3 is 3.24 bits per heavy atom. The van der Waals surface area contributed by atoms with Gasteiger partial charge in [0.05, 0.1) is 11.5 Å². The number of rotatable bonds is 3. The molecular formula is C17H19FN4O2S. The van der Waals surface area contributed by atoms with Crippen molar-refractivity contribution in [3.63, 3.8) is 0 Å². The molecule has 2 aliphatic heterocycles. The maximum atomic E-state index is 14.1. The van der Waals surface area contributed by atoms with E-state index < -0.39 is 5.95 Å². The molecular weight excluding hydrogens is 343 g/mol. The monoisotopic (exact) mass is 362 g/mol. The van der Waals surface area contributed by atoms with Gasteiger partial charge in [-0.2, -0.15) is 9.37 Å². The van der Waals surface area contributed by atoms with E-state index in [4.69, 9.17) is 4.74 Å². The molecule has 0 radical (unpaired) electrons. The first kappa shape index (κ1) is 16.6. The highest BCUT2D eigenvalue weighted by Crippen LogP contribution is 2.45. The zero-order chi connectivity index (χ0) is 17.6. The maximum absolute atomic E-state index is 14.1. The van der Waals surface area contributed by atoms with Crippen molar-refractivity contribution in [3.05, 3.63) is 40.4 Å². The van der Waals surface area contributed by atoms with Gasteiger partial charge < -0.3 is 10.1 Å². The van der Waals surface area contributed by atoms with Gasteiger partial charge in [0.15, 0.2) is 5.13 Å². The minimum absolute atomic E-state index is 0.247. The van der Waals surface area contributed by atoms with Crippen LogP contribution in [0, 0.1) is 5.95 Å². The third-order valence-corrected chi connectivity index (χ3v) is 5.82. The van der Waals surface area contributed by atoms with Gasteiger partial charge in [-0.25, -0.2) is 0 Å². The number of carbonyl (C=O) groups excluding carboxylic acids is 1. The minimum Gasteiger partial charge on any atom is -0.364 e. The Morgan fingerprint density at radius 2 is 2.44 bits per heavy atom. The molecule has 2 atom stereocenters. The van der Waals surface area contributed by atoms with Crippen LogP contribution in [0.2, 0.25) is 0 Å². The number of thiazole rings is 1. The van der Waals surface area contributed by atoms with E-state index in [2.05, 4.69) is 27.1 Å². The number of nitrogens with one attached hydrogen (secondary N) is 1. The summed E-state index contributed by atoms with van der Waals surface area (Å²) in [5, 5.41) is 2.84. The van der Waals surface area contributed by atoms with Crippen LogP contribution in [0.5, 0.6) is 0 Å². The van der Waals surface area contributed by atoms with Crippen molar-refractivity contribution >= 4 is 22.4 Å². The fraction of sp³-hybridized carbons (Fsp3) is 0.471. The van der Waals surface area contributed by atoms with Gasteiger partial charge in [0.2, 0.25) is 11.9 Å². The van der Waals surface area contributed by atoms with E-state index in [0.717, 1.165) is 12.0 Å². The van der Waals surface area contributed by atoms with Crippen molar-refractivity contribution in [3.8, 4) is 0 Å². The van der Waals surface area contributed by atoms with E-state index in [1.807, 2.05) is 12.3 Å². The summed E-state index contributed by atoms with van der Waals surface area (Å²) in [7, 11) is 0. The second-order valence-electron chi connectivity index (χ2n) is 6.69. The molecule has 1 N–H and O–H groups in total. The van der Waals surface area contributed by atoms with Crippen LogP contribution in [0.15, 0.2) is 18.5 Å². The summed E-state index contributed by atoms with van der Waals surface area (Å²) in [6, 6.07) is 2.25. The average Bonchev–Trinajstić information content (AvgIpc) is 3.18. The maximum Gasteiger partial charge on any atom is 0.230 e. The Kier molecular flexibility index (Phi) is 4.05. The Labute approximate surface area is 149 Å². The SMILES string of the molecule is CC(=O)Nc1nc(F)c(CN2C[C@@]3(C[C@@H]2C)OCc2ccncc23)s1. The van der Waals surface area contributed by atoms with Crippen LogP contribution in [0.25, 0.3) is 0 Å². The standard InChI is InChI=1S/C17H19FN4O2S/c1-10-5-17(13-6-19-4-3-12(13)8-24-17)9-22(10)7-14-15(18)21-16(25-14)20-11(2)23/h3-4,6,10H,5,7-9H2,1-2H3,(H,20,21,23)/t10-,17+/m0/s1. The number of amides is 1. The van der Waals surface area contributed by atoms with E-state index in [1.54, 1.807) is 6.20 Å². The second kappa shape index (κ2) is 6.12. The first-order chi connectivity index (χ1) is 12.0. The summed E-state index contributed by atoms with van der Waals surface area (Å²) >= 11 is 1.18. The smallest absolute Gasteiger partial charge is 0.230 e. The van der Waals surface area contributed by atoms with Gasteiger partial charge in [0, 0.05) is 44.0 Å². The van der Waals surface area contributed by atoms with Crippen LogP contribution in [0.4, 0.5) is 9.52 Å². The zero-order valence-corrected chi connectivity index (χ0v) is 14.9. The molecule has 8 heteroatoms. The van der Waals surface area contributed by atoms with Gasteiger partial charge in [0.25, 0.3) is 0 Å². The quantitative estimate of drug-likeness (QED) is 0.909. The Morgan fingerprint density at radius 1 is 1.60 bits per heavy atom. The molecule has 1 amide bonds. The van der Waals surface area contributed by atoms with Crippen LogP contribution >= 0.6 is 11.3 Å². The first-order valence-corrected chi connectivity index (χ1v) is 9.03. The molecule has 1 saturated heterocycles. The molecule has 0 saturated carbocycles. The summed E-state index contributed by atoms with van der Waals surface area (Å²) < 4.78 is 20.3. The van der Waals surface area contributed by atoms with Crippen molar-refractivity contribution in [2.45, 2.75) is 45.1 Å². The van der Waals surface area contributed by atoms with E-state index in [1.165, 1.54) is 23.8 Å². The molecule has 2 aliphatic rings. The molecule has 2 aromatic rings. The average molecular weight is 362 g/mol. The molecule has 2 aromatic heterocycles. The number of halogens is 1. The Balaban J connectivity index is 1.54. The number of carbonyl (C=O) groups is 1. The normalized spacial score (nSPS) is 25.5. The number of hydrogen-bond acceptors (Lipinski definition) is 6. The lowest BCUT2D eigenvalue weighted by Gasteiger charge is -2.24. The lowest BCUT2D eigenvalue weighted by Crippen LogP contribution is -2.31. The summed E-state index contributed by atoms with van der Waals surface area (Å²) in [6.07, 6.45) is 4.53. The van der Waals surface area contributed by atoms with Gasteiger partial charge >= 0.3 is 0 Å². The molecule has 6 nitrogen and oxygen atoms in total. The number of fused-ring (bicyclic) bond motifs is 2. The molecule has 132 valence electrons. The van der Waals surface area contributed by atoms with Crippen molar-refractivity contribution in [1.29, 1.82) is 0 Å². The first-order valence-electron chi connectivity index (χ1n) is 8.21. The predicted molar refractivity (Wildman–Crippen MR) is 91.6 cm³/mol. The minimum atomic E-state index is -0.517. The number of likely N-dealkylation sites (tertiary alicyclic amines) is 1. The van der Waals surface area contributed by atoms with Crippen LogP contribution in [0.1, 0.15) is 36.3 Å². The number of nitrogens with zero attached hydrogens (tertiary/aromatic N) is 3. The third kappa shape index (κ3) is 2.94. The van der Waals surface area contributed by atoms with Gasteiger partial charge in [0.1, 0.15) is 5.60 Å². The molecule has 0 unspecified atom stereocenters. The van der Waals surface area contributed by atoms with Crippen molar-refractivity contribution < 1.29 is 13.9 Å². The number of pyridine rings is 1. The highest BCUT2D eigenvalue weighted by molar-refractivity contribution is 7.15. The second-order valence-corrected chi connectivity index (χ2v) is 7.77. The zero-order valence-electron chi connectivity index (χ0n) is 14.1. The highest BCUT2D eigenvalue weighted by Gasteiger charge is 2.48. The third-order valence-electron chi connectivity index (χ3n) is 4.89. The number of ether oxygens (including phenoxy) is 1. The molecule has 4 heterocycles. The molecule has 0 aromatic carbocycles. The number of hydrogen-bond donors (Lipinski definition) is 1. The number of aromatic nitrogens is 2. The topological polar surface area (TPSA) is 67.4 Å². The van der Waals surface area contributed by atoms with Crippen molar-refractivity contribution in [2.24, 2.45) is 0 Å². The lowest BCUT2D eigenvalue weighted by molar-refractivity contribution is -0.114. The van der Waals surface area contributed by atoms with Crippen LogP contribution < -0.4 is 5.32 Å². The summed E-state index contributed by atoms with van der Waals surface area (Å²) in [5.41, 5.74) is 1.97. The molecule has 4 rings (SSSR count). The summed E-state index contributed by atoms with van der Waals surface area (Å²) in [4.78, 5) is 21.9. The summed E-state index contributed by atoms with van der Waals surface area (Å²) in [5.74, 6) is -0.770. The molecule has 1 spiro atoms. The molecule has 0 bridgehead atoms. The van der Waals surface area contributed by atoms with Crippen LogP contribution in [0.3, 0.4) is 0 Å². The Hall–Kier alpha value is -1.90. The fourth-order valence-corrected chi connectivity index (χ4v) is 4.65. The van der Waals surface area contributed by atoms with E-state index in [0.29, 0.717) is 29.7 Å². The van der Waals surface area contributed by atoms with Crippen LogP contribution in [-0.2, 0) is 28.3 Å². The van der Waals surface area contributed by atoms with Crippen molar-refractivity contribution in [2.75, 3.05) is 11.9 Å². The molecule has 1 fully saturated rings. The molecule has 25 heavy (non-hydrogen) atoms. The highest BCUT2D eigenvalue weighted by atomic mass is 32.1. The van der Waals surface area contributed by atoms with E-state index >= 15 is 0 Å². The van der Waals surface area contributed by atoms with Crippen LogP contribution in [-0.4, -0.2) is 33.4 Å². The van der Waals surface area contributed by atoms with E-state index in [9.17, 15) is 9.18 Å². The lowest BCUT2D eigenvalue weighted by atomic mass is 9.92.